The molecule has 2 aromatic carbocycles. The van der Waals surface area contributed by atoms with Gasteiger partial charge in [-0.05, 0) is 42.0 Å². The fraction of sp³-hybridized carbons (Fsp3) is 0.133. The van der Waals surface area contributed by atoms with Crippen LogP contribution >= 0.6 is 11.8 Å². The quantitative estimate of drug-likeness (QED) is 0.851. The molecule has 0 fully saturated rings. The molecule has 0 amide bonds. The van der Waals surface area contributed by atoms with Gasteiger partial charge in [0.15, 0.2) is 0 Å². The molecule has 0 atom stereocenters. The van der Waals surface area contributed by atoms with Gasteiger partial charge < -0.3 is 9.84 Å². The Hall–Kier alpha value is -2.01. The van der Waals surface area contributed by atoms with Crippen LogP contribution in [0, 0.1) is 5.82 Å². The number of carboxylic acids is 1. The second kappa shape index (κ2) is 6.43. The standard InChI is InChI=1S/C15H13FO3S/c1-19-12-3-2-4-13(8-12)20-9-11-7-10(15(17)18)5-6-14(11)16/h2-8H,9H2,1H3,(H,17,18). The van der Waals surface area contributed by atoms with E-state index in [4.69, 9.17) is 9.84 Å². The zero-order valence-electron chi connectivity index (χ0n) is 10.8. The van der Waals surface area contributed by atoms with Crippen molar-refractivity contribution in [1.82, 2.24) is 0 Å². The van der Waals surface area contributed by atoms with Crippen LogP contribution in [-0.4, -0.2) is 18.2 Å². The molecular weight excluding hydrogens is 279 g/mol. The van der Waals surface area contributed by atoms with Crippen LogP contribution in [0.15, 0.2) is 47.4 Å². The van der Waals surface area contributed by atoms with Gasteiger partial charge in [-0.25, -0.2) is 9.18 Å². The van der Waals surface area contributed by atoms with Crippen LogP contribution in [-0.2, 0) is 5.75 Å². The number of ether oxygens (including phenoxy) is 1. The van der Waals surface area contributed by atoms with Crippen LogP contribution in [0.3, 0.4) is 0 Å². The van der Waals surface area contributed by atoms with E-state index in [9.17, 15) is 9.18 Å². The molecule has 5 heteroatoms. The van der Waals surface area contributed by atoms with Crippen molar-refractivity contribution >= 4 is 17.7 Å². The number of carboxylic acid groups (broad SMARTS) is 1. The lowest BCUT2D eigenvalue weighted by molar-refractivity contribution is 0.0696. The van der Waals surface area contributed by atoms with Crippen LogP contribution in [0.1, 0.15) is 15.9 Å². The smallest absolute Gasteiger partial charge is 0.335 e. The van der Waals surface area contributed by atoms with Crippen molar-refractivity contribution in [2.24, 2.45) is 0 Å². The average molecular weight is 292 g/mol. The molecule has 0 radical (unpaired) electrons. The van der Waals surface area contributed by atoms with Crippen LogP contribution in [0.25, 0.3) is 0 Å². The van der Waals surface area contributed by atoms with E-state index in [0.29, 0.717) is 11.3 Å². The third kappa shape index (κ3) is 3.51. The minimum Gasteiger partial charge on any atom is -0.497 e. The molecule has 0 aromatic heterocycles. The highest BCUT2D eigenvalue weighted by Gasteiger charge is 2.09. The fourth-order valence-corrected chi connectivity index (χ4v) is 2.59. The first-order chi connectivity index (χ1) is 9.60. The van der Waals surface area contributed by atoms with Gasteiger partial charge in [0.1, 0.15) is 11.6 Å². The molecule has 3 nitrogen and oxygen atoms in total. The summed E-state index contributed by atoms with van der Waals surface area (Å²) in [6.45, 7) is 0. The molecule has 0 bridgehead atoms. The second-order valence-electron chi connectivity index (χ2n) is 4.08. The number of rotatable bonds is 5. The topological polar surface area (TPSA) is 46.5 Å². The summed E-state index contributed by atoms with van der Waals surface area (Å²) in [5, 5.41) is 8.91. The lowest BCUT2D eigenvalue weighted by atomic mass is 10.1. The number of hydrogen-bond acceptors (Lipinski definition) is 3. The van der Waals surface area contributed by atoms with Gasteiger partial charge in [0.05, 0.1) is 12.7 Å². The molecule has 0 aliphatic carbocycles. The van der Waals surface area contributed by atoms with Gasteiger partial charge in [-0.1, -0.05) is 6.07 Å². The third-order valence-electron chi connectivity index (χ3n) is 2.73. The number of halogens is 1. The Bertz CT molecular complexity index is 628. The molecule has 0 saturated carbocycles. The van der Waals surface area contributed by atoms with E-state index >= 15 is 0 Å². The first kappa shape index (κ1) is 14.4. The molecule has 2 rings (SSSR count). The molecule has 0 saturated heterocycles. The molecule has 0 aliphatic rings. The van der Waals surface area contributed by atoms with E-state index in [1.165, 1.54) is 30.0 Å². The Morgan fingerprint density at radius 1 is 1.30 bits per heavy atom. The molecule has 0 aliphatic heterocycles. The van der Waals surface area contributed by atoms with E-state index in [1.54, 1.807) is 7.11 Å². The summed E-state index contributed by atoms with van der Waals surface area (Å²) in [6, 6.07) is 11.2. The van der Waals surface area contributed by atoms with Crippen molar-refractivity contribution in [3.63, 3.8) is 0 Å². The van der Waals surface area contributed by atoms with Crippen molar-refractivity contribution in [2.75, 3.05) is 7.11 Å². The Labute approximate surface area is 120 Å². The lowest BCUT2D eigenvalue weighted by Crippen LogP contribution is -1.99. The number of methoxy groups -OCH3 is 1. The van der Waals surface area contributed by atoms with Crippen LogP contribution < -0.4 is 4.74 Å². The average Bonchev–Trinajstić information content (AvgIpc) is 2.46. The summed E-state index contributed by atoms with van der Waals surface area (Å²) in [4.78, 5) is 11.8. The van der Waals surface area contributed by atoms with E-state index in [1.807, 2.05) is 24.3 Å². The highest BCUT2D eigenvalue weighted by Crippen LogP contribution is 2.27. The Balaban J connectivity index is 2.13. The largest absolute Gasteiger partial charge is 0.497 e. The van der Waals surface area contributed by atoms with Gasteiger partial charge in [0.2, 0.25) is 0 Å². The molecule has 104 valence electrons. The maximum Gasteiger partial charge on any atom is 0.335 e. The minimum absolute atomic E-state index is 0.0904. The third-order valence-corrected chi connectivity index (χ3v) is 3.77. The summed E-state index contributed by atoms with van der Waals surface area (Å²) in [7, 11) is 1.58. The zero-order chi connectivity index (χ0) is 14.5. The first-order valence-corrected chi connectivity index (χ1v) is 6.87. The number of hydrogen-bond donors (Lipinski definition) is 1. The van der Waals surface area contributed by atoms with E-state index in [0.717, 1.165) is 10.6 Å². The monoisotopic (exact) mass is 292 g/mol. The van der Waals surface area contributed by atoms with Crippen LogP contribution in [0.4, 0.5) is 4.39 Å². The summed E-state index contributed by atoms with van der Waals surface area (Å²) >= 11 is 1.42. The van der Waals surface area contributed by atoms with Gasteiger partial charge in [-0.3, -0.25) is 0 Å². The Morgan fingerprint density at radius 3 is 2.80 bits per heavy atom. The van der Waals surface area contributed by atoms with Crippen LogP contribution in [0.2, 0.25) is 0 Å². The normalized spacial score (nSPS) is 10.3. The second-order valence-corrected chi connectivity index (χ2v) is 5.13. The summed E-state index contributed by atoms with van der Waals surface area (Å²) in [6.07, 6.45) is 0. The summed E-state index contributed by atoms with van der Waals surface area (Å²) < 4.78 is 18.8. The van der Waals surface area contributed by atoms with Crippen LogP contribution in [0.5, 0.6) is 5.75 Å². The van der Waals surface area contributed by atoms with Crippen molar-refractivity contribution < 1.29 is 19.0 Å². The van der Waals surface area contributed by atoms with E-state index in [-0.39, 0.29) is 5.56 Å². The summed E-state index contributed by atoms with van der Waals surface area (Å²) in [5.74, 6) is -0.363. The first-order valence-electron chi connectivity index (χ1n) is 5.88. The molecule has 0 unspecified atom stereocenters. The van der Waals surface area contributed by atoms with Crippen molar-refractivity contribution in [3.8, 4) is 5.75 Å². The minimum atomic E-state index is -1.06. The Morgan fingerprint density at radius 2 is 2.10 bits per heavy atom. The number of thioether (sulfide) groups is 1. The fourth-order valence-electron chi connectivity index (χ4n) is 1.67. The maximum absolute atomic E-state index is 13.7. The summed E-state index contributed by atoms with van der Waals surface area (Å²) in [5.41, 5.74) is 0.463. The van der Waals surface area contributed by atoms with E-state index < -0.39 is 11.8 Å². The Kier molecular flexibility index (Phi) is 4.63. The predicted octanol–water partition coefficient (Wildman–Crippen LogP) is 3.82. The maximum atomic E-state index is 13.7. The van der Waals surface area contributed by atoms with Gasteiger partial charge >= 0.3 is 5.97 Å². The van der Waals surface area contributed by atoms with Crippen molar-refractivity contribution in [2.45, 2.75) is 10.6 Å². The number of carbonyl (C=O) groups is 1. The van der Waals surface area contributed by atoms with Gasteiger partial charge in [-0.2, -0.15) is 0 Å². The van der Waals surface area contributed by atoms with Gasteiger partial charge in [0.25, 0.3) is 0 Å². The van der Waals surface area contributed by atoms with Crippen molar-refractivity contribution in [3.05, 3.63) is 59.4 Å². The predicted molar refractivity (Wildman–Crippen MR) is 75.9 cm³/mol. The number of benzene rings is 2. The lowest BCUT2D eigenvalue weighted by Gasteiger charge is -2.06. The highest BCUT2D eigenvalue weighted by atomic mass is 32.2. The molecule has 2 aromatic rings. The zero-order valence-corrected chi connectivity index (χ0v) is 11.6. The van der Waals surface area contributed by atoms with Gasteiger partial charge in [-0.15, -0.1) is 11.8 Å². The molecule has 0 heterocycles. The molecule has 1 N–H and O–H groups in total. The van der Waals surface area contributed by atoms with Gasteiger partial charge in [0, 0.05) is 10.6 Å². The van der Waals surface area contributed by atoms with E-state index in [2.05, 4.69) is 0 Å². The molecule has 0 spiro atoms. The molecular formula is C15H13FO3S. The SMILES string of the molecule is COc1cccc(SCc2cc(C(=O)O)ccc2F)c1. The molecule has 20 heavy (non-hydrogen) atoms. The number of aromatic carboxylic acids is 1. The van der Waals surface area contributed by atoms with Crippen molar-refractivity contribution in [1.29, 1.82) is 0 Å². The highest BCUT2D eigenvalue weighted by molar-refractivity contribution is 7.98.